The highest BCUT2D eigenvalue weighted by Crippen LogP contribution is 2.40. The van der Waals surface area contributed by atoms with E-state index in [1.165, 1.54) is 12.8 Å². The zero-order valence-corrected chi connectivity index (χ0v) is 21.2. The van der Waals surface area contributed by atoms with Crippen LogP contribution in [0.5, 0.6) is 11.5 Å². The lowest BCUT2D eigenvalue weighted by molar-refractivity contribution is -0.151. The van der Waals surface area contributed by atoms with Gasteiger partial charge in [0.1, 0.15) is 6.61 Å². The molecule has 0 N–H and O–H groups in total. The lowest BCUT2D eigenvalue weighted by Crippen LogP contribution is -2.45. The number of amides is 1. The van der Waals surface area contributed by atoms with Crippen molar-refractivity contribution < 1.29 is 19.0 Å². The smallest absolute Gasteiger partial charge is 0.256 e. The molecule has 1 fully saturated rings. The number of rotatable bonds is 8. The minimum atomic E-state index is -0.578. The largest absolute Gasteiger partial charge is 0.493 e. The number of carbonyl (C=O) groups is 1. The predicted octanol–water partition coefficient (Wildman–Crippen LogP) is 6.25. The number of hydrogen-bond donors (Lipinski definition) is 0. The Balaban J connectivity index is 1.40. The summed E-state index contributed by atoms with van der Waals surface area (Å²) in [5.74, 6) is 1.54. The molecule has 2 aliphatic rings. The average Bonchev–Trinajstić information content (AvgIpc) is 3.44. The Morgan fingerprint density at radius 1 is 0.972 bits per heavy atom. The molecule has 1 aliphatic heterocycles. The van der Waals surface area contributed by atoms with Crippen molar-refractivity contribution in [1.82, 2.24) is 4.90 Å². The van der Waals surface area contributed by atoms with E-state index < -0.39 is 6.10 Å². The van der Waals surface area contributed by atoms with Gasteiger partial charge in [-0.15, -0.1) is 0 Å². The molecule has 0 bridgehead atoms. The summed E-state index contributed by atoms with van der Waals surface area (Å²) >= 11 is 0. The van der Waals surface area contributed by atoms with Crippen LogP contribution in [0.15, 0.2) is 72.8 Å². The Morgan fingerprint density at radius 3 is 2.36 bits per heavy atom. The number of ether oxygens (including phenoxy) is 3. The van der Waals surface area contributed by atoms with Gasteiger partial charge in [-0.1, -0.05) is 79.6 Å². The van der Waals surface area contributed by atoms with Crippen LogP contribution in [0.25, 0.3) is 0 Å². The minimum absolute atomic E-state index is 0.00886. The quantitative estimate of drug-likeness (QED) is 0.379. The molecule has 188 valence electrons. The average molecular weight is 486 g/mol. The van der Waals surface area contributed by atoms with Gasteiger partial charge in [0.2, 0.25) is 0 Å². The zero-order chi connectivity index (χ0) is 24.9. The van der Waals surface area contributed by atoms with Crippen molar-refractivity contribution in [1.29, 1.82) is 0 Å². The summed E-state index contributed by atoms with van der Waals surface area (Å²) in [5, 5.41) is 0. The molecule has 1 heterocycles. The highest BCUT2D eigenvalue weighted by Gasteiger charge is 2.36. The molecule has 2 atom stereocenters. The summed E-state index contributed by atoms with van der Waals surface area (Å²) in [5.41, 5.74) is 4.24. The SMILES string of the molecule is COc1ccc2c(c1OCc1ccccc1)CC(C)N(C(=O)C(OC1CCCC1)c1ccccc1)C2. The molecule has 1 amide bonds. The Labute approximate surface area is 214 Å². The number of fused-ring (bicyclic) bond motifs is 1. The van der Waals surface area contributed by atoms with Gasteiger partial charge in [-0.3, -0.25) is 4.79 Å². The van der Waals surface area contributed by atoms with Gasteiger partial charge >= 0.3 is 0 Å². The molecule has 2 unspecified atom stereocenters. The fourth-order valence-corrected chi connectivity index (χ4v) is 5.38. The third kappa shape index (κ3) is 5.26. The zero-order valence-electron chi connectivity index (χ0n) is 21.2. The Hall–Kier alpha value is -3.31. The molecule has 1 aliphatic carbocycles. The standard InChI is InChI=1S/C31H35NO4/c1-22-19-27-25(17-18-28(34-2)30(27)35-21-23-11-5-3-6-12-23)20-32(22)31(33)29(24-13-7-4-8-14-24)36-26-15-9-10-16-26/h3-8,11-14,17-18,22,26,29H,9-10,15-16,19-21H2,1-2H3. The van der Waals surface area contributed by atoms with Crippen molar-refractivity contribution in [3.05, 3.63) is 95.1 Å². The molecule has 3 aromatic rings. The van der Waals surface area contributed by atoms with Gasteiger partial charge in [-0.25, -0.2) is 0 Å². The first-order chi connectivity index (χ1) is 17.6. The molecule has 1 saturated carbocycles. The molecule has 0 spiro atoms. The summed E-state index contributed by atoms with van der Waals surface area (Å²) in [6, 6.07) is 24.1. The molecular formula is C31H35NO4. The van der Waals surface area contributed by atoms with Crippen LogP contribution in [0, 0.1) is 0 Å². The molecule has 5 heteroatoms. The van der Waals surface area contributed by atoms with Crippen LogP contribution in [0.4, 0.5) is 0 Å². The second-order valence-corrected chi connectivity index (χ2v) is 9.86. The highest BCUT2D eigenvalue weighted by molar-refractivity contribution is 5.83. The summed E-state index contributed by atoms with van der Waals surface area (Å²) < 4.78 is 18.4. The van der Waals surface area contributed by atoms with Gasteiger partial charge < -0.3 is 19.1 Å². The van der Waals surface area contributed by atoms with Crippen LogP contribution in [0.1, 0.15) is 61.0 Å². The maximum atomic E-state index is 14.0. The third-order valence-corrected chi connectivity index (χ3v) is 7.38. The van der Waals surface area contributed by atoms with E-state index >= 15 is 0 Å². The van der Waals surface area contributed by atoms with E-state index in [9.17, 15) is 4.79 Å². The predicted molar refractivity (Wildman–Crippen MR) is 140 cm³/mol. The van der Waals surface area contributed by atoms with Crippen LogP contribution >= 0.6 is 0 Å². The van der Waals surface area contributed by atoms with Crippen molar-refractivity contribution in [2.45, 2.75) is 70.4 Å². The van der Waals surface area contributed by atoms with Crippen LogP contribution < -0.4 is 9.47 Å². The van der Waals surface area contributed by atoms with E-state index in [4.69, 9.17) is 14.2 Å². The summed E-state index contributed by atoms with van der Waals surface area (Å²) in [6.45, 7) is 3.10. The number of hydrogen-bond acceptors (Lipinski definition) is 4. The Bertz CT molecular complexity index is 1160. The topological polar surface area (TPSA) is 48.0 Å². The maximum Gasteiger partial charge on any atom is 0.256 e. The van der Waals surface area contributed by atoms with Gasteiger partial charge in [0.05, 0.1) is 13.2 Å². The third-order valence-electron chi connectivity index (χ3n) is 7.38. The monoisotopic (exact) mass is 485 g/mol. The molecule has 0 saturated heterocycles. The van der Waals surface area contributed by atoms with E-state index in [1.54, 1.807) is 7.11 Å². The fraction of sp³-hybridized carbons (Fsp3) is 0.387. The first kappa shape index (κ1) is 24.4. The maximum absolute atomic E-state index is 14.0. The number of carbonyl (C=O) groups excluding carboxylic acids is 1. The van der Waals surface area contributed by atoms with Crippen molar-refractivity contribution in [2.75, 3.05) is 7.11 Å². The Morgan fingerprint density at radius 2 is 1.67 bits per heavy atom. The molecular weight excluding hydrogens is 450 g/mol. The Kier molecular flexibility index (Phi) is 7.57. The van der Waals surface area contributed by atoms with Crippen molar-refractivity contribution >= 4 is 5.91 Å². The number of benzene rings is 3. The lowest BCUT2D eigenvalue weighted by Gasteiger charge is -2.38. The molecule has 5 nitrogen and oxygen atoms in total. The first-order valence-corrected chi connectivity index (χ1v) is 13.0. The van der Waals surface area contributed by atoms with Crippen LogP contribution in [0.2, 0.25) is 0 Å². The number of methoxy groups -OCH3 is 1. The fourth-order valence-electron chi connectivity index (χ4n) is 5.38. The molecule has 0 radical (unpaired) electrons. The van der Waals surface area contributed by atoms with Gasteiger partial charge in [-0.2, -0.15) is 0 Å². The normalized spacial score (nSPS) is 18.5. The minimum Gasteiger partial charge on any atom is -0.493 e. The van der Waals surface area contributed by atoms with E-state index in [-0.39, 0.29) is 18.1 Å². The summed E-state index contributed by atoms with van der Waals surface area (Å²) in [4.78, 5) is 15.9. The molecule has 3 aromatic carbocycles. The van der Waals surface area contributed by atoms with Crippen LogP contribution in [0.3, 0.4) is 0 Å². The number of nitrogens with zero attached hydrogens (tertiary/aromatic N) is 1. The van der Waals surface area contributed by atoms with E-state index in [0.717, 1.165) is 46.6 Å². The molecule has 36 heavy (non-hydrogen) atoms. The van der Waals surface area contributed by atoms with Gasteiger partial charge in [-0.05, 0) is 48.9 Å². The van der Waals surface area contributed by atoms with Crippen LogP contribution in [-0.4, -0.2) is 30.1 Å². The summed E-state index contributed by atoms with van der Waals surface area (Å²) in [7, 11) is 1.67. The lowest BCUT2D eigenvalue weighted by atomic mass is 9.92. The van der Waals surface area contributed by atoms with Gasteiger partial charge in [0, 0.05) is 18.2 Å². The van der Waals surface area contributed by atoms with Crippen molar-refractivity contribution in [3.63, 3.8) is 0 Å². The van der Waals surface area contributed by atoms with Gasteiger partial charge in [0.25, 0.3) is 5.91 Å². The van der Waals surface area contributed by atoms with Gasteiger partial charge in [0.15, 0.2) is 17.6 Å². The van der Waals surface area contributed by atoms with E-state index in [2.05, 4.69) is 25.1 Å². The van der Waals surface area contributed by atoms with E-state index in [0.29, 0.717) is 19.6 Å². The highest BCUT2D eigenvalue weighted by atomic mass is 16.5. The van der Waals surface area contributed by atoms with E-state index in [1.807, 2.05) is 59.5 Å². The van der Waals surface area contributed by atoms with Crippen molar-refractivity contribution in [2.24, 2.45) is 0 Å². The molecule has 0 aromatic heterocycles. The van der Waals surface area contributed by atoms with Crippen LogP contribution in [-0.2, 0) is 29.1 Å². The second kappa shape index (κ2) is 11.2. The molecule has 5 rings (SSSR count). The first-order valence-electron chi connectivity index (χ1n) is 13.0. The van der Waals surface area contributed by atoms with Crippen molar-refractivity contribution in [3.8, 4) is 11.5 Å². The summed E-state index contributed by atoms with van der Waals surface area (Å²) in [6.07, 6.45) is 4.66. The second-order valence-electron chi connectivity index (χ2n) is 9.86.